The summed E-state index contributed by atoms with van der Waals surface area (Å²) >= 11 is 0. The number of nitrogens with zero attached hydrogens (tertiary/aromatic N) is 1. The molecule has 0 N–H and O–H groups in total. The van der Waals surface area contributed by atoms with E-state index >= 15 is 0 Å². The summed E-state index contributed by atoms with van der Waals surface area (Å²) in [7, 11) is 0. The molecule has 0 radical (unpaired) electrons. The van der Waals surface area contributed by atoms with E-state index in [0.29, 0.717) is 13.2 Å². The second-order valence-corrected chi connectivity index (χ2v) is 5.41. The van der Waals surface area contributed by atoms with E-state index in [0.717, 1.165) is 19.4 Å². The molecule has 0 unspecified atom stereocenters. The van der Waals surface area contributed by atoms with Gasteiger partial charge in [0.15, 0.2) is 5.78 Å². The molecule has 0 aromatic rings. The van der Waals surface area contributed by atoms with Gasteiger partial charge in [0.1, 0.15) is 6.10 Å². The van der Waals surface area contributed by atoms with Crippen molar-refractivity contribution in [1.82, 2.24) is 5.06 Å². The van der Waals surface area contributed by atoms with Crippen molar-refractivity contribution in [3.05, 3.63) is 12.2 Å². The van der Waals surface area contributed by atoms with E-state index in [1.54, 1.807) is 12.2 Å². The summed E-state index contributed by atoms with van der Waals surface area (Å²) in [6.45, 7) is 2.03. The third kappa shape index (κ3) is 1.39. The molecule has 3 aliphatic heterocycles. The zero-order valence-corrected chi connectivity index (χ0v) is 10.2. The van der Waals surface area contributed by atoms with Crippen LogP contribution in [0.1, 0.15) is 19.3 Å². The number of piperidine rings is 1. The number of rotatable bonds is 0. The molecule has 0 bridgehead atoms. The van der Waals surface area contributed by atoms with Gasteiger partial charge in [-0.3, -0.25) is 9.63 Å². The summed E-state index contributed by atoms with van der Waals surface area (Å²) in [6.07, 6.45) is 6.37. The van der Waals surface area contributed by atoms with Crippen LogP contribution >= 0.6 is 0 Å². The molecule has 0 aromatic carbocycles. The number of allylic oxidation sites excluding steroid dienone is 1. The maximum atomic E-state index is 12.2. The fourth-order valence-electron chi connectivity index (χ4n) is 3.61. The van der Waals surface area contributed by atoms with Crippen molar-refractivity contribution in [3.8, 4) is 0 Å². The summed E-state index contributed by atoms with van der Waals surface area (Å²) in [6, 6.07) is 0.200. The molecule has 4 rings (SSSR count). The smallest absolute Gasteiger partial charge is 0.218 e. The minimum Gasteiger partial charge on any atom is -0.342 e. The van der Waals surface area contributed by atoms with Gasteiger partial charge in [0.25, 0.3) is 0 Å². The van der Waals surface area contributed by atoms with Crippen LogP contribution in [0.5, 0.6) is 0 Å². The SMILES string of the molecule is O=C1C=CC2(OCCO2)[C@@H]2ON3CCCC[C@H]3[C@H]12. The van der Waals surface area contributed by atoms with E-state index in [2.05, 4.69) is 0 Å². The molecular weight excluding hydrogens is 234 g/mol. The molecule has 1 aliphatic carbocycles. The maximum Gasteiger partial charge on any atom is 0.218 e. The summed E-state index contributed by atoms with van der Waals surface area (Å²) in [5.41, 5.74) is 0. The van der Waals surface area contributed by atoms with Crippen molar-refractivity contribution in [2.45, 2.75) is 37.2 Å². The van der Waals surface area contributed by atoms with Crippen LogP contribution in [0.4, 0.5) is 0 Å². The molecule has 3 heterocycles. The van der Waals surface area contributed by atoms with Crippen LogP contribution in [0.2, 0.25) is 0 Å². The molecule has 5 nitrogen and oxygen atoms in total. The van der Waals surface area contributed by atoms with E-state index in [1.165, 1.54) is 6.42 Å². The summed E-state index contributed by atoms with van der Waals surface area (Å²) in [4.78, 5) is 18.2. The van der Waals surface area contributed by atoms with E-state index in [1.807, 2.05) is 5.06 Å². The highest BCUT2D eigenvalue weighted by Gasteiger charge is 2.60. The lowest BCUT2D eigenvalue weighted by Crippen LogP contribution is -2.51. The zero-order valence-electron chi connectivity index (χ0n) is 10.2. The van der Waals surface area contributed by atoms with Crippen molar-refractivity contribution in [2.24, 2.45) is 5.92 Å². The standard InChI is InChI=1S/C13H17NO4/c15-10-4-5-13(16-7-8-17-13)12-11(10)9-3-1-2-6-14(9)18-12/h4-5,9,11-12H,1-3,6-8H2/t9-,11+,12+/m0/s1. The molecule has 98 valence electrons. The van der Waals surface area contributed by atoms with Gasteiger partial charge in [-0.15, -0.1) is 0 Å². The predicted molar refractivity (Wildman–Crippen MR) is 61.5 cm³/mol. The van der Waals surface area contributed by atoms with Crippen molar-refractivity contribution in [1.29, 1.82) is 0 Å². The maximum absolute atomic E-state index is 12.2. The minimum atomic E-state index is -0.823. The first-order chi connectivity index (χ1) is 8.80. The van der Waals surface area contributed by atoms with Crippen molar-refractivity contribution in [3.63, 3.8) is 0 Å². The normalized spacial score (nSPS) is 42.2. The van der Waals surface area contributed by atoms with Crippen LogP contribution in [0.25, 0.3) is 0 Å². The molecule has 0 aromatic heterocycles. The van der Waals surface area contributed by atoms with E-state index in [4.69, 9.17) is 14.3 Å². The number of carbonyl (C=O) groups is 1. The minimum absolute atomic E-state index is 0.131. The van der Waals surface area contributed by atoms with Crippen LogP contribution in [0, 0.1) is 5.92 Å². The van der Waals surface area contributed by atoms with Gasteiger partial charge in [-0.25, -0.2) is 0 Å². The molecule has 3 fully saturated rings. The van der Waals surface area contributed by atoms with Gasteiger partial charge in [-0.1, -0.05) is 6.42 Å². The Morgan fingerprint density at radius 2 is 2.11 bits per heavy atom. The molecule has 0 amide bonds. The van der Waals surface area contributed by atoms with E-state index in [-0.39, 0.29) is 23.8 Å². The molecule has 5 heteroatoms. The quantitative estimate of drug-likeness (QED) is 0.632. The second-order valence-electron chi connectivity index (χ2n) is 5.41. The second kappa shape index (κ2) is 3.87. The van der Waals surface area contributed by atoms with Crippen LogP contribution in [-0.4, -0.2) is 48.5 Å². The Balaban J connectivity index is 1.72. The lowest BCUT2D eigenvalue weighted by molar-refractivity contribution is -0.260. The number of ketones is 1. The Kier molecular flexibility index (Phi) is 2.39. The fraction of sp³-hybridized carbons (Fsp3) is 0.769. The summed E-state index contributed by atoms with van der Waals surface area (Å²) < 4.78 is 11.5. The third-order valence-corrected chi connectivity index (χ3v) is 4.43. The Morgan fingerprint density at radius 1 is 1.28 bits per heavy atom. The average Bonchev–Trinajstić information content (AvgIpc) is 3.00. The molecule has 18 heavy (non-hydrogen) atoms. The average molecular weight is 251 g/mol. The largest absolute Gasteiger partial charge is 0.342 e. The van der Waals surface area contributed by atoms with Gasteiger partial charge in [-0.2, -0.15) is 5.06 Å². The molecule has 1 spiro atoms. The Bertz CT molecular complexity index is 402. The number of ether oxygens (including phenoxy) is 2. The van der Waals surface area contributed by atoms with E-state index < -0.39 is 5.79 Å². The first-order valence-electron chi connectivity index (χ1n) is 6.75. The van der Waals surface area contributed by atoms with Crippen molar-refractivity contribution >= 4 is 5.78 Å². The summed E-state index contributed by atoms with van der Waals surface area (Å²) in [5, 5.41) is 1.98. The highest BCUT2D eigenvalue weighted by atomic mass is 16.8. The summed E-state index contributed by atoms with van der Waals surface area (Å²) in [5.74, 6) is -0.803. The number of hydrogen-bond acceptors (Lipinski definition) is 5. The Morgan fingerprint density at radius 3 is 2.94 bits per heavy atom. The lowest BCUT2D eigenvalue weighted by Gasteiger charge is -2.34. The van der Waals surface area contributed by atoms with Crippen LogP contribution < -0.4 is 0 Å². The highest BCUT2D eigenvalue weighted by molar-refractivity contribution is 5.94. The van der Waals surface area contributed by atoms with Gasteiger partial charge in [-0.05, 0) is 25.0 Å². The molecule has 0 saturated carbocycles. The molecule has 4 aliphatic rings. The van der Waals surface area contributed by atoms with Crippen molar-refractivity contribution < 1.29 is 19.1 Å². The Hall–Kier alpha value is -0.750. The first kappa shape index (κ1) is 11.1. The fourth-order valence-corrected chi connectivity index (χ4v) is 3.61. The first-order valence-corrected chi connectivity index (χ1v) is 6.75. The van der Waals surface area contributed by atoms with Gasteiger partial charge >= 0.3 is 0 Å². The van der Waals surface area contributed by atoms with Crippen LogP contribution in [-0.2, 0) is 19.1 Å². The number of carbonyl (C=O) groups excluding carboxylic acids is 1. The van der Waals surface area contributed by atoms with Crippen LogP contribution in [0.15, 0.2) is 12.2 Å². The van der Waals surface area contributed by atoms with Gasteiger partial charge < -0.3 is 9.47 Å². The Labute approximate surface area is 106 Å². The van der Waals surface area contributed by atoms with Crippen LogP contribution in [0.3, 0.4) is 0 Å². The number of hydroxylamine groups is 2. The third-order valence-electron chi connectivity index (χ3n) is 4.43. The van der Waals surface area contributed by atoms with E-state index in [9.17, 15) is 4.79 Å². The number of hydrogen-bond donors (Lipinski definition) is 0. The molecule has 3 saturated heterocycles. The zero-order chi connectivity index (χ0) is 12.2. The monoisotopic (exact) mass is 251 g/mol. The number of fused-ring (bicyclic) bond motifs is 4. The predicted octanol–water partition coefficient (Wildman–Crippen LogP) is 0.653. The van der Waals surface area contributed by atoms with Gasteiger partial charge in [0, 0.05) is 12.6 Å². The lowest BCUT2D eigenvalue weighted by atomic mass is 9.79. The highest BCUT2D eigenvalue weighted by Crippen LogP contribution is 2.45. The van der Waals surface area contributed by atoms with Crippen molar-refractivity contribution in [2.75, 3.05) is 19.8 Å². The molecular formula is C13H17NO4. The van der Waals surface area contributed by atoms with Gasteiger partial charge in [0.05, 0.1) is 19.1 Å². The topological polar surface area (TPSA) is 48.0 Å². The van der Waals surface area contributed by atoms with Gasteiger partial charge in [0.2, 0.25) is 5.79 Å². The molecule has 3 atom stereocenters.